The number of ether oxygens (including phenoxy) is 6. The monoisotopic (exact) mass is 1170 g/mol. The van der Waals surface area contributed by atoms with Crippen molar-refractivity contribution in [2.75, 3.05) is 26.4 Å². The summed E-state index contributed by atoms with van der Waals surface area (Å²) in [5, 5.41) is 1.58. The largest absolute Gasteiger partial charge is 0.462 e. The average Bonchev–Trinajstić information content (AvgIpc) is 1.30. The molecule has 0 spiro atoms. The Bertz CT molecular complexity index is 3660. The summed E-state index contributed by atoms with van der Waals surface area (Å²) < 4.78 is 43.1. The summed E-state index contributed by atoms with van der Waals surface area (Å²) in [7, 11) is 0. The number of hydrogen-bond donors (Lipinski definition) is 0. The van der Waals surface area contributed by atoms with Crippen molar-refractivity contribution in [3.8, 4) is 33.8 Å². The predicted octanol–water partition coefficient (Wildman–Crippen LogP) is 13.7. The van der Waals surface area contributed by atoms with Crippen molar-refractivity contribution in [3.63, 3.8) is 0 Å². The van der Waals surface area contributed by atoms with Crippen LogP contribution < -0.4 is 20.7 Å². The Labute approximate surface area is 501 Å². The fourth-order valence-corrected chi connectivity index (χ4v) is 8.51. The quantitative estimate of drug-likeness (QED) is 0.0102. The second kappa shape index (κ2) is 33.2. The van der Waals surface area contributed by atoms with Gasteiger partial charge in [0.25, 0.3) is 0 Å². The van der Waals surface area contributed by atoms with Gasteiger partial charge in [-0.3, -0.25) is 0 Å². The Morgan fingerprint density at radius 1 is 0.395 bits per heavy atom. The zero-order valence-electron chi connectivity index (χ0n) is 50.2. The van der Waals surface area contributed by atoms with Crippen molar-refractivity contribution < 1.29 is 66.0 Å². The van der Waals surface area contributed by atoms with Crippen LogP contribution in [0.2, 0.25) is 0 Å². The summed E-state index contributed by atoms with van der Waals surface area (Å²) in [4.78, 5) is 96.6. The molecule has 0 N–H and O–H groups in total. The number of unbranched alkanes of at least 4 members (excludes halogenated alkanes) is 4. The first-order valence-electron chi connectivity index (χ1n) is 28.4. The maximum Gasteiger partial charge on any atom is 0.344 e. The number of carbonyl (C=O) groups excluding carboxylic acids is 6. The van der Waals surface area contributed by atoms with Gasteiger partial charge in [0.2, 0.25) is 0 Å². The smallest absolute Gasteiger partial charge is 0.344 e. The first-order chi connectivity index (χ1) is 40.9. The maximum absolute atomic E-state index is 13.2. The van der Waals surface area contributed by atoms with Crippen LogP contribution in [0.25, 0.3) is 44.2 Å². The van der Waals surface area contributed by atoms with E-state index in [9.17, 15) is 38.4 Å². The van der Waals surface area contributed by atoms with Gasteiger partial charge in [-0.2, -0.15) is 0 Å². The Balaban J connectivity index is 0.000000314. The second-order valence-corrected chi connectivity index (χ2v) is 21.1. The molecule has 0 fully saturated rings. The molecule has 452 valence electrons. The van der Waals surface area contributed by atoms with Gasteiger partial charge in [0.15, 0.2) is 0 Å². The van der Waals surface area contributed by atoms with Crippen LogP contribution in [0.4, 0.5) is 0 Å². The van der Waals surface area contributed by atoms with E-state index < -0.39 is 47.1 Å². The van der Waals surface area contributed by atoms with E-state index in [1.165, 1.54) is 0 Å². The minimum atomic E-state index is -0.527. The molecular formula is C70H76O16. The highest BCUT2D eigenvalue weighted by atomic mass is 16.6. The lowest BCUT2D eigenvalue weighted by molar-refractivity contribution is -0.139. The molecule has 2 aromatic heterocycles. The van der Waals surface area contributed by atoms with Gasteiger partial charge in [-0.15, -0.1) is 0 Å². The van der Waals surface area contributed by atoms with Gasteiger partial charge in [0, 0.05) is 44.2 Å². The lowest BCUT2D eigenvalue weighted by Crippen LogP contribution is -2.09. The third kappa shape index (κ3) is 20.7. The fraction of sp³-hybridized carbons (Fsp3) is 0.314. The fourth-order valence-electron chi connectivity index (χ4n) is 8.51. The number of fused-ring (bicyclic) bond motifs is 2. The molecule has 0 unspecified atom stereocenters. The van der Waals surface area contributed by atoms with Gasteiger partial charge in [0.05, 0.1) is 37.6 Å². The van der Waals surface area contributed by atoms with E-state index in [0.717, 1.165) is 52.3 Å². The summed E-state index contributed by atoms with van der Waals surface area (Å²) in [6.45, 7) is 32.2. The summed E-state index contributed by atoms with van der Waals surface area (Å²) in [6.07, 6.45) is 8.35. The number of aryl methyl sites for hydroxylation is 4. The lowest BCUT2D eigenvalue weighted by Gasteiger charge is -2.14. The van der Waals surface area contributed by atoms with Gasteiger partial charge in [-0.05, 0) is 194 Å². The highest BCUT2D eigenvalue weighted by molar-refractivity contribution is 5.91. The van der Waals surface area contributed by atoms with Gasteiger partial charge >= 0.3 is 47.1 Å². The highest BCUT2D eigenvalue weighted by Gasteiger charge is 2.18. The van der Waals surface area contributed by atoms with E-state index in [2.05, 4.69) is 45.5 Å². The minimum Gasteiger partial charge on any atom is -0.462 e. The van der Waals surface area contributed by atoms with E-state index in [4.69, 9.17) is 37.3 Å². The molecule has 0 aliphatic heterocycles. The van der Waals surface area contributed by atoms with Crippen LogP contribution in [0.15, 0.2) is 176 Å². The maximum atomic E-state index is 13.2. The third-order valence-electron chi connectivity index (χ3n) is 13.2. The normalized spacial score (nSPS) is 10.7. The van der Waals surface area contributed by atoms with Crippen LogP contribution in [-0.2, 0) is 73.4 Å². The molecule has 0 bridgehead atoms. The van der Waals surface area contributed by atoms with Gasteiger partial charge in [0.1, 0.15) is 22.7 Å². The van der Waals surface area contributed by atoms with Crippen LogP contribution >= 0.6 is 0 Å². The molecule has 0 atom stereocenters. The van der Waals surface area contributed by atoms with Gasteiger partial charge in [-0.25, -0.2) is 38.4 Å². The van der Waals surface area contributed by atoms with Crippen LogP contribution in [-0.4, -0.2) is 62.2 Å². The molecule has 0 aliphatic rings. The van der Waals surface area contributed by atoms with E-state index in [-0.39, 0.29) is 24.4 Å². The molecule has 2 heterocycles. The molecule has 0 aliphatic carbocycles. The molecule has 86 heavy (non-hydrogen) atoms. The molecule has 0 amide bonds. The summed E-state index contributed by atoms with van der Waals surface area (Å²) >= 11 is 0. The molecule has 0 saturated heterocycles. The molecule has 0 radical (unpaired) electrons. The van der Waals surface area contributed by atoms with Gasteiger partial charge in [-0.1, -0.05) is 81.9 Å². The Hall–Kier alpha value is -9.44. The first kappa shape index (κ1) is 67.4. The van der Waals surface area contributed by atoms with Crippen LogP contribution in [0.3, 0.4) is 0 Å². The molecule has 6 rings (SSSR count). The van der Waals surface area contributed by atoms with E-state index >= 15 is 0 Å². The zero-order valence-corrected chi connectivity index (χ0v) is 50.2. The van der Waals surface area contributed by atoms with Crippen molar-refractivity contribution in [3.05, 3.63) is 201 Å². The van der Waals surface area contributed by atoms with Gasteiger partial charge < -0.3 is 37.3 Å². The van der Waals surface area contributed by atoms with Crippen LogP contribution in [0.5, 0.6) is 11.5 Å². The lowest BCUT2D eigenvalue weighted by atomic mass is 9.94. The Kier molecular flexibility index (Phi) is 26.0. The Morgan fingerprint density at radius 3 is 1.21 bits per heavy atom. The number of esters is 6. The standard InChI is InChI=1S/2C35H38O8/c1-22(2)32(36)40-17-9-7-11-25-19-27(12-8-10-18-41-33(37)23(3)4)29-21-30(35(39)43-31(29)20-25)26-13-15-28(16-14-26)42-34(38)24(5)6;1-22(2)32(36)40-19-9-7-11-25-13-14-27-21-30(26-15-17-28(18-16-26)42-34(38)24(5)6)35(39)43-31(27)29(25)12-8-10-20-41-33(37)23(3)4/h13-16,19-21H,1,3,5,7-12,17-18H2,2,4,6H3;13-18,21H,1,3,5,7-12,19-20H2,2,4,6H3. The van der Waals surface area contributed by atoms with E-state index in [1.807, 2.05) is 24.3 Å². The molecule has 16 nitrogen and oxygen atoms in total. The number of benzene rings is 4. The summed E-state index contributed by atoms with van der Waals surface area (Å²) in [5.41, 5.74) is 8.02. The summed E-state index contributed by atoms with van der Waals surface area (Å²) in [5.74, 6) is -2.00. The highest BCUT2D eigenvalue weighted by Crippen LogP contribution is 2.31. The number of rotatable bonds is 30. The van der Waals surface area contributed by atoms with Crippen LogP contribution in [0.1, 0.15) is 115 Å². The second-order valence-electron chi connectivity index (χ2n) is 21.1. The number of carbonyl (C=O) groups is 6. The zero-order chi connectivity index (χ0) is 63.0. The van der Waals surface area contributed by atoms with Crippen molar-refractivity contribution in [2.24, 2.45) is 0 Å². The molecule has 6 aromatic rings. The van der Waals surface area contributed by atoms with E-state index in [0.29, 0.717) is 138 Å². The average molecular weight is 1170 g/mol. The molecule has 4 aromatic carbocycles. The molecule has 16 heteroatoms. The molecule has 0 saturated carbocycles. The minimum absolute atomic E-state index is 0.269. The molecular weight excluding hydrogens is 1100 g/mol. The SMILES string of the molecule is C=C(C)C(=O)OCCCCc1cc(CCCCOC(=O)C(=C)C)c2cc(-c3ccc(OC(=O)C(=C)C)cc3)c(=O)oc2c1.C=C(C)C(=O)OCCCCc1ccc2cc(-c3ccc(OC(=O)C(=C)C)cc3)c(=O)oc2c1CCCCOC(=O)C(=C)C. The van der Waals surface area contributed by atoms with E-state index in [1.54, 1.807) is 96.1 Å². The summed E-state index contributed by atoms with van der Waals surface area (Å²) in [6, 6.07) is 24.8. The predicted molar refractivity (Wildman–Crippen MR) is 332 cm³/mol. The Morgan fingerprint density at radius 2 is 0.779 bits per heavy atom. The van der Waals surface area contributed by atoms with Crippen molar-refractivity contribution in [1.82, 2.24) is 0 Å². The topological polar surface area (TPSA) is 218 Å². The van der Waals surface area contributed by atoms with Crippen LogP contribution in [0, 0.1) is 0 Å². The van der Waals surface area contributed by atoms with Crippen molar-refractivity contribution >= 4 is 57.8 Å². The first-order valence-corrected chi connectivity index (χ1v) is 28.4. The third-order valence-corrected chi connectivity index (χ3v) is 13.2. The van der Waals surface area contributed by atoms with Crippen molar-refractivity contribution in [2.45, 2.75) is 119 Å². The van der Waals surface area contributed by atoms with Crippen molar-refractivity contribution in [1.29, 1.82) is 0 Å². The number of hydrogen-bond acceptors (Lipinski definition) is 16.